The maximum Gasteiger partial charge on any atom is 0.338 e. The van der Waals surface area contributed by atoms with Gasteiger partial charge in [-0.05, 0) is 26.7 Å². The smallest absolute Gasteiger partial charge is 0.338 e. The monoisotopic (exact) mass is 294 g/mol. The molecule has 1 aliphatic carbocycles. The van der Waals surface area contributed by atoms with Crippen molar-refractivity contribution in [2.45, 2.75) is 26.7 Å². The Labute approximate surface area is 129 Å². The van der Waals surface area contributed by atoms with E-state index in [1.165, 1.54) is 5.57 Å². The second-order valence-electron chi connectivity index (χ2n) is 5.78. The Balaban J connectivity index is 2.29. The molecule has 0 heterocycles. The number of aromatic hydroxyl groups is 1. The van der Waals surface area contributed by atoms with Gasteiger partial charge in [-0.1, -0.05) is 42.5 Å². The molecule has 0 fully saturated rings. The van der Waals surface area contributed by atoms with Gasteiger partial charge in [0.2, 0.25) is 0 Å². The topological polar surface area (TPSA) is 46.5 Å². The van der Waals surface area contributed by atoms with Crippen LogP contribution in [0.1, 0.15) is 25.0 Å². The van der Waals surface area contributed by atoms with Gasteiger partial charge in [0.25, 0.3) is 0 Å². The molecule has 0 aliphatic heterocycles. The molecule has 1 aliphatic rings. The first-order valence-corrected chi connectivity index (χ1v) is 7.27. The Hall–Kier alpha value is -2.55. The second-order valence-corrected chi connectivity index (χ2v) is 5.78. The number of fused-ring (bicyclic) bond motifs is 2. The van der Waals surface area contributed by atoms with Crippen LogP contribution in [0, 0.1) is 0 Å². The quantitative estimate of drug-likeness (QED) is 0.393. The fourth-order valence-corrected chi connectivity index (χ4v) is 2.82. The minimum Gasteiger partial charge on any atom is -0.507 e. The molecule has 3 heteroatoms. The standard InChI is InChI=1S/C19H18O3/c1-11(2)19(21)22-18-15-7-5-4-6-13(15)17(20)14-9-8-12(3)10-16(14)18/h4-8,20H,1,9-10H2,2-3H3. The highest BCUT2D eigenvalue weighted by Crippen LogP contribution is 2.43. The predicted molar refractivity (Wildman–Crippen MR) is 87.2 cm³/mol. The number of esters is 1. The summed E-state index contributed by atoms with van der Waals surface area (Å²) in [5.74, 6) is 0.388. The van der Waals surface area contributed by atoms with Crippen molar-refractivity contribution in [3.05, 3.63) is 59.2 Å². The SMILES string of the molecule is C=C(C)C(=O)Oc1c2c(c(O)c3ccccc13)CC=C(C)C2. The zero-order valence-electron chi connectivity index (χ0n) is 12.8. The Morgan fingerprint density at radius 1 is 1.23 bits per heavy atom. The highest BCUT2D eigenvalue weighted by molar-refractivity contribution is 5.99. The number of phenols is 1. The molecule has 0 aromatic heterocycles. The summed E-state index contributed by atoms with van der Waals surface area (Å²) in [4.78, 5) is 12.0. The Morgan fingerprint density at radius 2 is 1.91 bits per heavy atom. The molecule has 22 heavy (non-hydrogen) atoms. The van der Waals surface area contributed by atoms with Crippen LogP contribution in [0.4, 0.5) is 0 Å². The van der Waals surface area contributed by atoms with E-state index in [0.717, 1.165) is 16.5 Å². The first-order valence-electron chi connectivity index (χ1n) is 7.27. The Bertz CT molecular complexity index is 828. The number of carbonyl (C=O) groups is 1. The number of hydrogen-bond acceptors (Lipinski definition) is 3. The minimum absolute atomic E-state index is 0.282. The van der Waals surface area contributed by atoms with Crippen LogP contribution in [0.15, 0.2) is 48.1 Å². The first kappa shape index (κ1) is 14.4. The van der Waals surface area contributed by atoms with Crippen molar-refractivity contribution >= 4 is 16.7 Å². The third kappa shape index (κ3) is 2.29. The van der Waals surface area contributed by atoms with Crippen molar-refractivity contribution in [2.24, 2.45) is 0 Å². The van der Waals surface area contributed by atoms with Crippen molar-refractivity contribution in [1.82, 2.24) is 0 Å². The molecule has 0 bridgehead atoms. The van der Waals surface area contributed by atoms with Crippen molar-refractivity contribution in [2.75, 3.05) is 0 Å². The molecule has 0 saturated carbocycles. The lowest BCUT2D eigenvalue weighted by Gasteiger charge is -2.22. The van der Waals surface area contributed by atoms with Crippen LogP contribution < -0.4 is 4.74 Å². The van der Waals surface area contributed by atoms with Gasteiger partial charge in [-0.15, -0.1) is 0 Å². The van der Waals surface area contributed by atoms with Gasteiger partial charge in [0.1, 0.15) is 11.5 Å². The fourth-order valence-electron chi connectivity index (χ4n) is 2.82. The number of benzene rings is 2. The summed E-state index contributed by atoms with van der Waals surface area (Å²) < 4.78 is 5.61. The van der Waals surface area contributed by atoms with E-state index in [2.05, 4.69) is 12.7 Å². The van der Waals surface area contributed by atoms with Gasteiger partial charge in [0.15, 0.2) is 0 Å². The highest BCUT2D eigenvalue weighted by atomic mass is 16.5. The van der Waals surface area contributed by atoms with E-state index in [9.17, 15) is 9.90 Å². The lowest BCUT2D eigenvalue weighted by molar-refractivity contribution is -0.130. The largest absolute Gasteiger partial charge is 0.507 e. The predicted octanol–water partition coefficient (Wildman–Crippen LogP) is 4.07. The van der Waals surface area contributed by atoms with Crippen LogP contribution in [-0.4, -0.2) is 11.1 Å². The van der Waals surface area contributed by atoms with Crippen molar-refractivity contribution in [1.29, 1.82) is 0 Å². The summed E-state index contributed by atoms with van der Waals surface area (Å²) in [6.45, 7) is 7.31. The Morgan fingerprint density at radius 3 is 2.59 bits per heavy atom. The van der Waals surface area contributed by atoms with Crippen LogP contribution >= 0.6 is 0 Å². The zero-order valence-corrected chi connectivity index (χ0v) is 12.8. The number of phenolic OH excluding ortho intramolecular Hbond substituents is 1. The minimum atomic E-state index is -0.440. The summed E-state index contributed by atoms with van der Waals surface area (Å²) in [5.41, 5.74) is 3.29. The molecule has 0 atom stereocenters. The van der Waals surface area contributed by atoms with Crippen molar-refractivity contribution in [3.63, 3.8) is 0 Å². The van der Waals surface area contributed by atoms with Gasteiger partial charge in [0.05, 0.1) is 0 Å². The average molecular weight is 294 g/mol. The molecule has 2 aromatic rings. The molecule has 0 unspecified atom stereocenters. The summed E-state index contributed by atoms with van der Waals surface area (Å²) in [7, 11) is 0. The van der Waals surface area contributed by atoms with E-state index in [1.54, 1.807) is 6.92 Å². The molecule has 0 spiro atoms. The first-order chi connectivity index (χ1) is 10.5. The van der Waals surface area contributed by atoms with E-state index in [0.29, 0.717) is 29.6 Å². The highest BCUT2D eigenvalue weighted by Gasteiger charge is 2.23. The van der Waals surface area contributed by atoms with Crippen molar-refractivity contribution in [3.8, 4) is 11.5 Å². The van der Waals surface area contributed by atoms with Gasteiger partial charge < -0.3 is 9.84 Å². The maximum atomic E-state index is 12.0. The van der Waals surface area contributed by atoms with Gasteiger partial charge in [0, 0.05) is 27.5 Å². The van der Waals surface area contributed by atoms with Crippen LogP contribution in [0.3, 0.4) is 0 Å². The molecule has 3 rings (SSSR count). The number of carbonyl (C=O) groups excluding carboxylic acids is 1. The van der Waals surface area contributed by atoms with Crippen LogP contribution in [0.25, 0.3) is 10.8 Å². The number of hydrogen-bond donors (Lipinski definition) is 1. The van der Waals surface area contributed by atoms with E-state index in [4.69, 9.17) is 4.74 Å². The molecule has 0 radical (unpaired) electrons. The molecule has 0 saturated heterocycles. The molecule has 2 aromatic carbocycles. The van der Waals surface area contributed by atoms with E-state index < -0.39 is 5.97 Å². The van der Waals surface area contributed by atoms with Crippen LogP contribution in [0.5, 0.6) is 11.5 Å². The molecular weight excluding hydrogens is 276 g/mol. The summed E-state index contributed by atoms with van der Waals surface area (Å²) in [6, 6.07) is 7.44. The number of ether oxygens (including phenoxy) is 1. The van der Waals surface area contributed by atoms with E-state index in [1.807, 2.05) is 31.2 Å². The number of allylic oxidation sites excluding steroid dienone is 2. The molecular formula is C19H18O3. The van der Waals surface area contributed by atoms with Gasteiger partial charge in [-0.25, -0.2) is 4.79 Å². The molecule has 0 amide bonds. The van der Waals surface area contributed by atoms with Gasteiger partial charge in [-0.3, -0.25) is 0 Å². The molecule has 1 N–H and O–H groups in total. The lowest BCUT2D eigenvalue weighted by atomic mass is 9.88. The van der Waals surface area contributed by atoms with E-state index in [-0.39, 0.29) is 5.75 Å². The number of rotatable bonds is 2. The fraction of sp³-hybridized carbons (Fsp3) is 0.211. The molecule has 3 nitrogen and oxygen atoms in total. The average Bonchev–Trinajstić information content (AvgIpc) is 2.51. The van der Waals surface area contributed by atoms with Gasteiger partial charge in [-0.2, -0.15) is 0 Å². The Kier molecular flexibility index (Phi) is 3.49. The van der Waals surface area contributed by atoms with Gasteiger partial charge >= 0.3 is 5.97 Å². The lowest BCUT2D eigenvalue weighted by Crippen LogP contribution is -2.13. The van der Waals surface area contributed by atoms with Crippen molar-refractivity contribution < 1.29 is 14.6 Å². The van der Waals surface area contributed by atoms with E-state index >= 15 is 0 Å². The third-order valence-corrected chi connectivity index (χ3v) is 4.00. The van der Waals surface area contributed by atoms with Crippen LogP contribution in [0.2, 0.25) is 0 Å². The normalized spacial score (nSPS) is 13.5. The summed E-state index contributed by atoms with van der Waals surface area (Å²) in [5, 5.41) is 12.0. The maximum absolute atomic E-state index is 12.0. The second kappa shape index (κ2) is 5.34. The van der Waals surface area contributed by atoms with Crippen LogP contribution in [-0.2, 0) is 17.6 Å². The molecule has 112 valence electrons. The summed E-state index contributed by atoms with van der Waals surface area (Å²) in [6.07, 6.45) is 3.42. The zero-order chi connectivity index (χ0) is 15.9. The summed E-state index contributed by atoms with van der Waals surface area (Å²) >= 11 is 0. The third-order valence-electron chi connectivity index (χ3n) is 4.00.